The van der Waals surface area contributed by atoms with Crippen LogP contribution in [0.4, 0.5) is 17.1 Å². The lowest BCUT2D eigenvalue weighted by Gasteiger charge is -2.31. The summed E-state index contributed by atoms with van der Waals surface area (Å²) in [6, 6.07) is 68.5. The first kappa shape index (κ1) is 29.9. The van der Waals surface area contributed by atoms with Gasteiger partial charge in [0.05, 0.1) is 5.69 Å². The number of benzene rings is 8. The van der Waals surface area contributed by atoms with Crippen LogP contribution in [0.1, 0.15) is 25.0 Å². The second-order valence-corrected chi connectivity index (χ2v) is 13.7. The molecule has 1 heteroatoms. The molecule has 0 aliphatic heterocycles. The first-order valence-electron chi connectivity index (χ1n) is 17.4. The van der Waals surface area contributed by atoms with Gasteiger partial charge in [-0.2, -0.15) is 0 Å². The molecule has 0 aromatic heterocycles. The van der Waals surface area contributed by atoms with E-state index in [-0.39, 0.29) is 5.41 Å². The zero-order valence-corrected chi connectivity index (χ0v) is 28.3. The Kier molecular flexibility index (Phi) is 7.21. The van der Waals surface area contributed by atoms with Gasteiger partial charge in [0.15, 0.2) is 0 Å². The van der Waals surface area contributed by atoms with Crippen molar-refractivity contribution in [2.24, 2.45) is 0 Å². The van der Waals surface area contributed by atoms with Gasteiger partial charge in [-0.1, -0.05) is 172 Å². The molecule has 0 saturated heterocycles. The summed E-state index contributed by atoms with van der Waals surface area (Å²) in [5.41, 5.74) is 16.0. The molecule has 0 fully saturated rings. The van der Waals surface area contributed by atoms with Gasteiger partial charge < -0.3 is 4.90 Å². The van der Waals surface area contributed by atoms with E-state index in [1.54, 1.807) is 0 Å². The van der Waals surface area contributed by atoms with Crippen molar-refractivity contribution < 1.29 is 0 Å². The third-order valence-corrected chi connectivity index (χ3v) is 10.4. The molecular weight excluding hydrogens is 603 g/mol. The van der Waals surface area contributed by atoms with Gasteiger partial charge in [0.1, 0.15) is 0 Å². The zero-order chi connectivity index (χ0) is 33.7. The van der Waals surface area contributed by atoms with Crippen molar-refractivity contribution in [2.75, 3.05) is 4.90 Å². The van der Waals surface area contributed by atoms with Crippen LogP contribution in [0.25, 0.3) is 55.3 Å². The minimum Gasteiger partial charge on any atom is -0.310 e. The predicted molar refractivity (Wildman–Crippen MR) is 213 cm³/mol. The van der Waals surface area contributed by atoms with Crippen molar-refractivity contribution in [2.45, 2.75) is 19.3 Å². The highest BCUT2D eigenvalue weighted by Crippen LogP contribution is 2.55. The first-order chi connectivity index (χ1) is 24.6. The van der Waals surface area contributed by atoms with E-state index < -0.39 is 0 Å². The largest absolute Gasteiger partial charge is 0.310 e. The molecule has 0 spiro atoms. The number of nitrogens with zero attached hydrogens (tertiary/aromatic N) is 1. The Labute approximate surface area is 294 Å². The molecule has 9 rings (SSSR count). The number of anilines is 3. The van der Waals surface area contributed by atoms with Crippen LogP contribution >= 0.6 is 0 Å². The van der Waals surface area contributed by atoms with Crippen molar-refractivity contribution >= 4 is 27.8 Å². The van der Waals surface area contributed by atoms with Crippen LogP contribution in [0, 0.1) is 0 Å². The Bertz CT molecular complexity index is 2380. The van der Waals surface area contributed by atoms with Crippen LogP contribution in [0.15, 0.2) is 188 Å². The van der Waals surface area contributed by atoms with Crippen molar-refractivity contribution in [3.05, 3.63) is 199 Å². The summed E-state index contributed by atoms with van der Waals surface area (Å²) >= 11 is 0. The van der Waals surface area contributed by atoms with Crippen LogP contribution < -0.4 is 4.90 Å². The summed E-state index contributed by atoms with van der Waals surface area (Å²) in [4.78, 5) is 2.44. The minimum atomic E-state index is -0.160. The van der Waals surface area contributed by atoms with Gasteiger partial charge in [0, 0.05) is 22.4 Å². The fraction of sp³-hybridized carbons (Fsp3) is 0.0612. The van der Waals surface area contributed by atoms with Crippen molar-refractivity contribution in [1.29, 1.82) is 0 Å². The molecule has 0 atom stereocenters. The fourth-order valence-electron chi connectivity index (χ4n) is 8.06. The van der Waals surface area contributed by atoms with Gasteiger partial charge >= 0.3 is 0 Å². The molecular formula is C49H37N. The van der Waals surface area contributed by atoms with Gasteiger partial charge in [-0.15, -0.1) is 0 Å². The third-order valence-electron chi connectivity index (χ3n) is 10.4. The van der Waals surface area contributed by atoms with Gasteiger partial charge in [-0.3, -0.25) is 0 Å². The Hall–Kier alpha value is -6.18. The standard InChI is InChI=1S/C49H37N/c1-49(2)44-21-13-12-20-42(44)43-32-26-39-27-33-45(46(47(39)48(43)49)38-18-10-5-11-19-38)50(40-28-22-36(23-29-40)34-14-6-3-7-15-34)41-30-24-37(25-31-41)35-16-8-4-9-17-35/h3-33H,1-2H3. The molecule has 50 heavy (non-hydrogen) atoms. The van der Waals surface area contributed by atoms with E-state index in [0.717, 1.165) is 17.1 Å². The summed E-state index contributed by atoms with van der Waals surface area (Å²) in [5.74, 6) is 0. The molecule has 0 unspecified atom stereocenters. The van der Waals surface area contributed by atoms with Crippen LogP contribution in [-0.2, 0) is 5.41 Å². The molecule has 238 valence electrons. The second-order valence-electron chi connectivity index (χ2n) is 13.7. The Morgan fingerprint density at radius 3 is 1.40 bits per heavy atom. The lowest BCUT2D eigenvalue weighted by Crippen LogP contribution is -2.17. The van der Waals surface area contributed by atoms with Crippen molar-refractivity contribution in [3.63, 3.8) is 0 Å². The number of fused-ring (bicyclic) bond motifs is 5. The summed E-state index contributed by atoms with van der Waals surface area (Å²) in [6.07, 6.45) is 0. The van der Waals surface area contributed by atoms with Crippen molar-refractivity contribution in [3.8, 4) is 44.5 Å². The minimum absolute atomic E-state index is 0.160. The molecule has 0 heterocycles. The van der Waals surface area contributed by atoms with Gasteiger partial charge in [0.25, 0.3) is 0 Å². The molecule has 1 aliphatic carbocycles. The molecule has 0 bridgehead atoms. The van der Waals surface area contributed by atoms with Gasteiger partial charge in [-0.25, -0.2) is 0 Å². The molecule has 0 saturated carbocycles. The summed E-state index contributed by atoms with van der Waals surface area (Å²) in [6.45, 7) is 4.78. The maximum absolute atomic E-state index is 2.44. The normalized spacial score (nSPS) is 12.8. The average molecular weight is 640 g/mol. The van der Waals surface area contributed by atoms with E-state index in [2.05, 4.69) is 207 Å². The molecule has 1 aliphatic rings. The Morgan fingerprint density at radius 1 is 0.380 bits per heavy atom. The van der Waals surface area contributed by atoms with Gasteiger partial charge in [0.2, 0.25) is 0 Å². The summed E-state index contributed by atoms with van der Waals surface area (Å²) in [7, 11) is 0. The van der Waals surface area contributed by atoms with Gasteiger partial charge in [-0.05, 0) is 91.2 Å². The maximum atomic E-state index is 2.44. The highest BCUT2D eigenvalue weighted by atomic mass is 15.1. The van der Waals surface area contributed by atoms with E-state index in [0.29, 0.717) is 0 Å². The number of hydrogen-bond acceptors (Lipinski definition) is 1. The zero-order valence-electron chi connectivity index (χ0n) is 28.3. The molecule has 0 radical (unpaired) electrons. The van der Waals surface area contributed by atoms with Crippen molar-refractivity contribution in [1.82, 2.24) is 0 Å². The molecule has 0 N–H and O–H groups in total. The Balaban J connectivity index is 1.31. The molecule has 8 aromatic rings. The molecule has 1 nitrogen and oxygen atoms in total. The summed E-state index contributed by atoms with van der Waals surface area (Å²) < 4.78 is 0. The summed E-state index contributed by atoms with van der Waals surface area (Å²) in [5, 5.41) is 2.57. The van der Waals surface area contributed by atoms with Crippen LogP contribution in [0.5, 0.6) is 0 Å². The monoisotopic (exact) mass is 639 g/mol. The van der Waals surface area contributed by atoms with Crippen LogP contribution in [0.3, 0.4) is 0 Å². The van der Waals surface area contributed by atoms with E-state index in [4.69, 9.17) is 0 Å². The number of hydrogen-bond donors (Lipinski definition) is 0. The molecule has 8 aromatic carbocycles. The predicted octanol–water partition coefficient (Wildman–Crippen LogP) is 13.6. The van der Waals surface area contributed by atoms with Crippen LogP contribution in [0.2, 0.25) is 0 Å². The lowest BCUT2D eigenvalue weighted by atomic mass is 9.78. The Morgan fingerprint density at radius 2 is 0.840 bits per heavy atom. The van der Waals surface area contributed by atoms with E-state index in [1.807, 2.05) is 0 Å². The van der Waals surface area contributed by atoms with E-state index in [9.17, 15) is 0 Å². The topological polar surface area (TPSA) is 3.24 Å². The van der Waals surface area contributed by atoms with Crippen LogP contribution in [-0.4, -0.2) is 0 Å². The second kappa shape index (κ2) is 12.1. The third kappa shape index (κ3) is 4.94. The average Bonchev–Trinajstić information content (AvgIpc) is 3.42. The highest BCUT2D eigenvalue weighted by molar-refractivity contribution is 6.10. The first-order valence-corrected chi connectivity index (χ1v) is 17.4. The quantitative estimate of drug-likeness (QED) is 0.175. The van der Waals surface area contributed by atoms with E-state index in [1.165, 1.54) is 66.4 Å². The maximum Gasteiger partial charge on any atom is 0.0546 e. The molecule has 0 amide bonds. The number of rotatable bonds is 6. The lowest BCUT2D eigenvalue weighted by molar-refractivity contribution is 0.666. The fourth-order valence-corrected chi connectivity index (χ4v) is 8.06. The highest BCUT2D eigenvalue weighted by Gasteiger charge is 2.38. The van der Waals surface area contributed by atoms with E-state index >= 15 is 0 Å². The SMILES string of the molecule is CC1(C)c2ccccc2-c2ccc3ccc(N(c4ccc(-c5ccccc5)cc4)c4ccc(-c5ccccc5)cc4)c(-c4ccccc4)c3c21. The smallest absolute Gasteiger partial charge is 0.0546 e.